The first-order chi connectivity index (χ1) is 12.6. The van der Waals surface area contributed by atoms with E-state index in [0.717, 1.165) is 31.6 Å². The number of fused-ring (bicyclic) bond motifs is 1. The lowest BCUT2D eigenvalue weighted by molar-refractivity contribution is 0.161. The number of piperidine rings is 1. The number of nitrogens with zero attached hydrogens (tertiary/aromatic N) is 1. The van der Waals surface area contributed by atoms with E-state index >= 15 is 0 Å². The molecule has 1 unspecified atom stereocenters. The molecule has 2 aliphatic rings. The van der Waals surface area contributed by atoms with Crippen LogP contribution in [0.1, 0.15) is 42.4 Å². The molecule has 1 heterocycles. The Morgan fingerprint density at radius 1 is 0.962 bits per heavy atom. The highest BCUT2D eigenvalue weighted by Gasteiger charge is 2.28. The van der Waals surface area contributed by atoms with Gasteiger partial charge >= 0.3 is 0 Å². The molecule has 2 aromatic rings. The number of nitrogen functional groups attached to an aromatic ring is 1. The summed E-state index contributed by atoms with van der Waals surface area (Å²) in [4.78, 5) is 2.48. The third-order valence-electron chi connectivity index (χ3n) is 5.65. The summed E-state index contributed by atoms with van der Waals surface area (Å²) in [5, 5.41) is 0. The minimum absolute atomic E-state index is 0.293. The van der Waals surface area contributed by atoms with Gasteiger partial charge in [0.1, 0.15) is 11.6 Å². The lowest BCUT2D eigenvalue weighted by Gasteiger charge is -2.38. The second-order valence-corrected chi connectivity index (χ2v) is 7.36. The van der Waals surface area contributed by atoms with Gasteiger partial charge in [-0.15, -0.1) is 0 Å². The van der Waals surface area contributed by atoms with E-state index in [9.17, 15) is 8.78 Å². The summed E-state index contributed by atoms with van der Waals surface area (Å²) in [7, 11) is 0. The quantitative estimate of drug-likeness (QED) is 0.792. The third-order valence-corrected chi connectivity index (χ3v) is 5.65. The van der Waals surface area contributed by atoms with Gasteiger partial charge in [0.2, 0.25) is 0 Å². The normalized spacial score (nSPS) is 20.5. The lowest BCUT2D eigenvalue weighted by atomic mass is 9.84. The zero-order chi connectivity index (χ0) is 18.1. The molecule has 4 rings (SSSR count). The Labute approximate surface area is 153 Å². The number of anilines is 1. The largest absolute Gasteiger partial charge is 0.399 e. The average molecular weight is 354 g/mol. The maximum atomic E-state index is 14.2. The van der Waals surface area contributed by atoms with Crippen LogP contribution in [0, 0.1) is 11.6 Å². The van der Waals surface area contributed by atoms with Gasteiger partial charge in [0.25, 0.3) is 0 Å². The molecule has 2 N–H and O–H groups in total. The molecule has 1 fully saturated rings. The van der Waals surface area contributed by atoms with Crippen LogP contribution in [0.15, 0.2) is 42.0 Å². The molecule has 1 atom stereocenters. The van der Waals surface area contributed by atoms with Gasteiger partial charge in [0, 0.05) is 23.8 Å². The molecule has 26 heavy (non-hydrogen) atoms. The Morgan fingerprint density at radius 2 is 1.73 bits per heavy atom. The van der Waals surface area contributed by atoms with Crippen molar-refractivity contribution in [1.82, 2.24) is 4.90 Å². The zero-order valence-electron chi connectivity index (χ0n) is 14.8. The molecule has 0 bridgehead atoms. The van der Waals surface area contributed by atoms with Crippen LogP contribution in [0.4, 0.5) is 14.5 Å². The standard InChI is InChI=1S/C22H24F2N2/c23-20-10-11-21(24)19-13-16(6-9-18(19)20)22-3-1-2-12-26(22)14-15-4-7-17(25)8-5-15/h4-5,7-8,10-11,13,22H,1-3,6,9,12,14,25H2. The number of hydrogen-bond acceptors (Lipinski definition) is 2. The number of likely N-dealkylation sites (tertiary alicyclic amines) is 1. The van der Waals surface area contributed by atoms with Crippen molar-refractivity contribution in [2.75, 3.05) is 12.3 Å². The fourth-order valence-electron chi connectivity index (χ4n) is 4.27. The molecule has 2 aromatic carbocycles. The number of nitrogens with two attached hydrogens (primary N) is 1. The zero-order valence-corrected chi connectivity index (χ0v) is 14.8. The predicted octanol–water partition coefficient (Wildman–Crippen LogP) is 4.93. The molecule has 0 amide bonds. The van der Waals surface area contributed by atoms with Crippen molar-refractivity contribution in [3.05, 3.63) is 70.3 Å². The third kappa shape index (κ3) is 3.38. The van der Waals surface area contributed by atoms with Crippen molar-refractivity contribution in [1.29, 1.82) is 0 Å². The number of hydrogen-bond donors (Lipinski definition) is 1. The first kappa shape index (κ1) is 17.2. The second-order valence-electron chi connectivity index (χ2n) is 7.36. The first-order valence-corrected chi connectivity index (χ1v) is 9.37. The number of rotatable bonds is 3. The lowest BCUT2D eigenvalue weighted by Crippen LogP contribution is -2.40. The number of benzene rings is 2. The van der Waals surface area contributed by atoms with Gasteiger partial charge in [-0.25, -0.2) is 8.78 Å². The van der Waals surface area contributed by atoms with Crippen molar-refractivity contribution in [3.63, 3.8) is 0 Å². The molecule has 4 heteroatoms. The van der Waals surface area contributed by atoms with Crippen LogP contribution in [0.5, 0.6) is 0 Å². The van der Waals surface area contributed by atoms with E-state index in [0.29, 0.717) is 23.6 Å². The predicted molar refractivity (Wildman–Crippen MR) is 102 cm³/mol. The van der Waals surface area contributed by atoms with Crippen molar-refractivity contribution in [3.8, 4) is 0 Å². The Hall–Kier alpha value is -2.20. The molecule has 1 saturated heterocycles. The summed E-state index contributed by atoms with van der Waals surface area (Å²) in [6, 6.07) is 10.8. The van der Waals surface area contributed by atoms with Crippen LogP contribution in [0.3, 0.4) is 0 Å². The maximum Gasteiger partial charge on any atom is 0.130 e. The Bertz CT molecular complexity index is 827. The highest BCUT2D eigenvalue weighted by molar-refractivity contribution is 5.61. The van der Waals surface area contributed by atoms with Gasteiger partial charge in [-0.2, -0.15) is 0 Å². The van der Waals surface area contributed by atoms with Crippen LogP contribution in [0.25, 0.3) is 6.08 Å². The van der Waals surface area contributed by atoms with Crippen molar-refractivity contribution in [2.24, 2.45) is 0 Å². The molecule has 0 saturated carbocycles. The van der Waals surface area contributed by atoms with E-state index in [1.54, 1.807) is 0 Å². The van der Waals surface area contributed by atoms with Crippen LogP contribution in [-0.2, 0) is 13.0 Å². The van der Waals surface area contributed by atoms with Gasteiger partial charge in [0.05, 0.1) is 0 Å². The van der Waals surface area contributed by atoms with Gasteiger partial charge < -0.3 is 5.73 Å². The number of halogens is 2. The minimum atomic E-state index is -0.320. The highest BCUT2D eigenvalue weighted by Crippen LogP contribution is 2.34. The molecule has 2 nitrogen and oxygen atoms in total. The van der Waals surface area contributed by atoms with Crippen LogP contribution in [-0.4, -0.2) is 17.5 Å². The molecule has 1 aliphatic heterocycles. The van der Waals surface area contributed by atoms with Crippen LogP contribution < -0.4 is 5.73 Å². The molecule has 0 spiro atoms. The summed E-state index contributed by atoms with van der Waals surface area (Å²) in [6.07, 6.45) is 6.72. The molecule has 0 radical (unpaired) electrons. The Kier molecular flexibility index (Phi) is 4.77. The van der Waals surface area contributed by atoms with E-state index in [-0.39, 0.29) is 11.6 Å². The van der Waals surface area contributed by atoms with E-state index in [1.807, 2.05) is 18.2 Å². The van der Waals surface area contributed by atoms with Crippen molar-refractivity contribution < 1.29 is 8.78 Å². The summed E-state index contributed by atoms with van der Waals surface area (Å²) < 4.78 is 28.2. The molecule has 136 valence electrons. The summed E-state index contributed by atoms with van der Waals surface area (Å²) in [5.74, 6) is -0.612. The Morgan fingerprint density at radius 3 is 2.54 bits per heavy atom. The van der Waals surface area contributed by atoms with Crippen molar-refractivity contribution >= 4 is 11.8 Å². The first-order valence-electron chi connectivity index (χ1n) is 9.37. The minimum Gasteiger partial charge on any atom is -0.399 e. The van der Waals surface area contributed by atoms with Crippen LogP contribution >= 0.6 is 0 Å². The summed E-state index contributed by atoms with van der Waals surface area (Å²) in [5.41, 5.74) is 10.00. The smallest absolute Gasteiger partial charge is 0.130 e. The Balaban J connectivity index is 1.61. The monoisotopic (exact) mass is 354 g/mol. The van der Waals surface area contributed by atoms with Gasteiger partial charge in [0.15, 0.2) is 0 Å². The van der Waals surface area contributed by atoms with E-state index in [4.69, 9.17) is 5.73 Å². The maximum absolute atomic E-state index is 14.2. The van der Waals surface area contributed by atoms with Crippen LogP contribution in [0.2, 0.25) is 0 Å². The van der Waals surface area contributed by atoms with Gasteiger partial charge in [-0.05, 0) is 67.6 Å². The molecule has 0 aromatic heterocycles. The van der Waals surface area contributed by atoms with E-state index < -0.39 is 0 Å². The van der Waals surface area contributed by atoms with E-state index in [1.165, 1.54) is 36.1 Å². The van der Waals surface area contributed by atoms with Gasteiger partial charge in [-0.3, -0.25) is 4.90 Å². The van der Waals surface area contributed by atoms with Crippen molar-refractivity contribution in [2.45, 2.75) is 44.7 Å². The topological polar surface area (TPSA) is 29.3 Å². The second kappa shape index (κ2) is 7.20. The fraction of sp³-hybridized carbons (Fsp3) is 0.364. The highest BCUT2D eigenvalue weighted by atomic mass is 19.1. The molecule has 1 aliphatic carbocycles. The average Bonchev–Trinajstić information content (AvgIpc) is 2.67. The van der Waals surface area contributed by atoms with Gasteiger partial charge in [-0.1, -0.05) is 30.2 Å². The van der Waals surface area contributed by atoms with E-state index in [2.05, 4.69) is 17.0 Å². The summed E-state index contributed by atoms with van der Waals surface area (Å²) >= 11 is 0. The molecular formula is C22H24F2N2. The SMILES string of the molecule is Nc1ccc(CN2CCCCC2C2=Cc3c(F)ccc(F)c3CC2)cc1. The molecular weight excluding hydrogens is 330 g/mol. The summed E-state index contributed by atoms with van der Waals surface area (Å²) in [6.45, 7) is 1.89. The fourth-order valence-corrected chi connectivity index (χ4v) is 4.27.